The SMILES string of the molecule is CC(CN1CCOCC1)C(C(=O)O)(c1ccccc1)c1ccccc1. The molecule has 2 aromatic carbocycles. The predicted octanol–water partition coefficient (Wildman–Crippen LogP) is 3.03. The second-order valence-corrected chi connectivity index (χ2v) is 6.66. The van der Waals surface area contributed by atoms with Gasteiger partial charge in [0.2, 0.25) is 0 Å². The first kappa shape index (κ1) is 17.6. The van der Waals surface area contributed by atoms with Crippen molar-refractivity contribution < 1.29 is 14.6 Å². The summed E-state index contributed by atoms with van der Waals surface area (Å²) >= 11 is 0. The zero-order valence-electron chi connectivity index (χ0n) is 14.6. The molecule has 1 aliphatic heterocycles. The van der Waals surface area contributed by atoms with Crippen LogP contribution in [0.25, 0.3) is 0 Å². The zero-order valence-corrected chi connectivity index (χ0v) is 14.6. The fourth-order valence-corrected chi connectivity index (χ4v) is 3.90. The molecule has 132 valence electrons. The van der Waals surface area contributed by atoms with E-state index in [1.165, 1.54) is 0 Å². The number of aliphatic carboxylic acids is 1. The van der Waals surface area contributed by atoms with Gasteiger partial charge in [0.25, 0.3) is 0 Å². The normalized spacial score (nSPS) is 17.2. The minimum atomic E-state index is -1.07. The van der Waals surface area contributed by atoms with Crippen LogP contribution in [-0.4, -0.2) is 48.8 Å². The topological polar surface area (TPSA) is 49.8 Å². The molecule has 1 unspecified atom stereocenters. The smallest absolute Gasteiger partial charge is 0.318 e. The summed E-state index contributed by atoms with van der Waals surface area (Å²) in [6, 6.07) is 19.2. The van der Waals surface area contributed by atoms with Crippen LogP contribution in [0.4, 0.5) is 0 Å². The monoisotopic (exact) mass is 339 g/mol. The second-order valence-electron chi connectivity index (χ2n) is 6.66. The van der Waals surface area contributed by atoms with Gasteiger partial charge in [0.1, 0.15) is 5.41 Å². The van der Waals surface area contributed by atoms with Gasteiger partial charge in [0, 0.05) is 19.6 Å². The van der Waals surface area contributed by atoms with Gasteiger partial charge in [-0.1, -0.05) is 67.6 Å². The van der Waals surface area contributed by atoms with Gasteiger partial charge in [-0.3, -0.25) is 9.69 Å². The Morgan fingerprint density at radius 2 is 1.52 bits per heavy atom. The molecule has 25 heavy (non-hydrogen) atoms. The van der Waals surface area contributed by atoms with Crippen molar-refractivity contribution >= 4 is 5.97 Å². The molecule has 1 heterocycles. The largest absolute Gasteiger partial charge is 0.480 e. The van der Waals surface area contributed by atoms with E-state index in [-0.39, 0.29) is 5.92 Å². The molecule has 1 fully saturated rings. The lowest BCUT2D eigenvalue weighted by atomic mass is 9.66. The van der Waals surface area contributed by atoms with Crippen molar-refractivity contribution in [2.75, 3.05) is 32.8 Å². The average Bonchev–Trinajstić information content (AvgIpc) is 2.65. The van der Waals surface area contributed by atoms with Crippen LogP contribution in [0.1, 0.15) is 18.1 Å². The molecule has 0 aromatic heterocycles. The number of hydrogen-bond acceptors (Lipinski definition) is 3. The van der Waals surface area contributed by atoms with Gasteiger partial charge in [-0.25, -0.2) is 0 Å². The molecule has 2 aromatic rings. The molecular formula is C21H25NO3. The highest BCUT2D eigenvalue weighted by atomic mass is 16.5. The van der Waals surface area contributed by atoms with E-state index in [0.717, 1.165) is 30.8 Å². The molecule has 4 heteroatoms. The average molecular weight is 339 g/mol. The van der Waals surface area contributed by atoms with Gasteiger partial charge in [0.05, 0.1) is 13.2 Å². The fraction of sp³-hybridized carbons (Fsp3) is 0.381. The number of carbonyl (C=O) groups is 1. The van der Waals surface area contributed by atoms with Crippen molar-refractivity contribution in [2.45, 2.75) is 12.3 Å². The van der Waals surface area contributed by atoms with Crippen LogP contribution in [0.2, 0.25) is 0 Å². The Morgan fingerprint density at radius 1 is 1.04 bits per heavy atom. The van der Waals surface area contributed by atoms with E-state index >= 15 is 0 Å². The van der Waals surface area contributed by atoms with E-state index in [1.807, 2.05) is 67.6 Å². The van der Waals surface area contributed by atoms with Crippen molar-refractivity contribution in [3.8, 4) is 0 Å². The number of rotatable bonds is 6. The van der Waals surface area contributed by atoms with E-state index in [0.29, 0.717) is 13.2 Å². The number of hydrogen-bond donors (Lipinski definition) is 1. The molecule has 0 radical (unpaired) electrons. The minimum absolute atomic E-state index is 0.0899. The second kappa shape index (κ2) is 7.81. The Hall–Kier alpha value is -2.17. The van der Waals surface area contributed by atoms with Gasteiger partial charge < -0.3 is 9.84 Å². The molecule has 0 aliphatic carbocycles. The van der Waals surface area contributed by atoms with Gasteiger partial charge in [-0.05, 0) is 17.0 Å². The molecule has 1 N–H and O–H groups in total. The highest BCUT2D eigenvalue weighted by Gasteiger charge is 2.47. The van der Waals surface area contributed by atoms with Crippen molar-refractivity contribution in [1.29, 1.82) is 0 Å². The molecule has 1 aliphatic rings. The molecule has 1 atom stereocenters. The molecule has 0 saturated carbocycles. The first-order valence-corrected chi connectivity index (χ1v) is 8.80. The van der Waals surface area contributed by atoms with E-state index in [4.69, 9.17) is 4.74 Å². The number of nitrogens with zero attached hydrogens (tertiary/aromatic N) is 1. The maximum atomic E-state index is 12.7. The van der Waals surface area contributed by atoms with Crippen LogP contribution in [0.15, 0.2) is 60.7 Å². The summed E-state index contributed by atoms with van der Waals surface area (Å²) in [4.78, 5) is 15.0. The Kier molecular flexibility index (Phi) is 5.51. The van der Waals surface area contributed by atoms with E-state index in [2.05, 4.69) is 4.90 Å². The summed E-state index contributed by atoms with van der Waals surface area (Å²) in [7, 11) is 0. The summed E-state index contributed by atoms with van der Waals surface area (Å²) in [6.07, 6.45) is 0. The van der Waals surface area contributed by atoms with Gasteiger partial charge in [-0.15, -0.1) is 0 Å². The molecule has 0 bridgehead atoms. The predicted molar refractivity (Wildman–Crippen MR) is 97.7 cm³/mol. The Morgan fingerprint density at radius 3 is 1.96 bits per heavy atom. The van der Waals surface area contributed by atoms with E-state index in [9.17, 15) is 9.90 Å². The first-order valence-electron chi connectivity index (χ1n) is 8.80. The maximum Gasteiger partial charge on any atom is 0.318 e. The number of carboxylic acid groups (broad SMARTS) is 1. The van der Waals surface area contributed by atoms with Crippen LogP contribution in [-0.2, 0) is 14.9 Å². The third-order valence-electron chi connectivity index (χ3n) is 5.17. The van der Waals surface area contributed by atoms with Crippen LogP contribution in [0.5, 0.6) is 0 Å². The van der Waals surface area contributed by atoms with Crippen molar-refractivity contribution in [2.24, 2.45) is 5.92 Å². The van der Waals surface area contributed by atoms with Crippen molar-refractivity contribution in [1.82, 2.24) is 4.90 Å². The Balaban J connectivity index is 2.05. The Bertz CT molecular complexity index is 641. The van der Waals surface area contributed by atoms with Crippen molar-refractivity contribution in [3.63, 3.8) is 0 Å². The maximum absolute atomic E-state index is 12.7. The summed E-state index contributed by atoms with van der Waals surface area (Å²) in [5, 5.41) is 10.4. The highest BCUT2D eigenvalue weighted by molar-refractivity contribution is 5.86. The molecule has 1 saturated heterocycles. The summed E-state index contributed by atoms with van der Waals surface area (Å²) in [5.41, 5.74) is 0.588. The van der Waals surface area contributed by atoms with Gasteiger partial charge in [-0.2, -0.15) is 0 Å². The number of benzene rings is 2. The molecule has 0 spiro atoms. The Labute approximate surface area is 149 Å². The van der Waals surface area contributed by atoms with Crippen LogP contribution < -0.4 is 0 Å². The summed E-state index contributed by atoms with van der Waals surface area (Å²) in [5.74, 6) is -0.890. The highest BCUT2D eigenvalue weighted by Crippen LogP contribution is 2.40. The lowest BCUT2D eigenvalue weighted by molar-refractivity contribution is -0.144. The molecule has 4 nitrogen and oxygen atoms in total. The summed E-state index contributed by atoms with van der Waals surface area (Å²) < 4.78 is 5.43. The van der Waals surface area contributed by atoms with Crippen LogP contribution in [0, 0.1) is 5.92 Å². The first-order chi connectivity index (χ1) is 12.2. The molecular weight excluding hydrogens is 314 g/mol. The van der Waals surface area contributed by atoms with E-state index in [1.54, 1.807) is 0 Å². The quantitative estimate of drug-likeness (QED) is 0.879. The van der Waals surface area contributed by atoms with Crippen LogP contribution in [0.3, 0.4) is 0 Å². The van der Waals surface area contributed by atoms with E-state index < -0.39 is 11.4 Å². The lowest BCUT2D eigenvalue weighted by Crippen LogP contribution is -2.49. The minimum Gasteiger partial charge on any atom is -0.480 e. The summed E-state index contributed by atoms with van der Waals surface area (Å²) in [6.45, 7) is 5.89. The zero-order chi connectivity index (χ0) is 17.7. The van der Waals surface area contributed by atoms with Gasteiger partial charge >= 0.3 is 5.97 Å². The van der Waals surface area contributed by atoms with Crippen molar-refractivity contribution in [3.05, 3.63) is 71.8 Å². The van der Waals surface area contributed by atoms with Gasteiger partial charge in [0.15, 0.2) is 0 Å². The number of ether oxygens (including phenoxy) is 1. The number of morpholine rings is 1. The standard InChI is InChI=1S/C21H25NO3/c1-17(16-22-12-14-25-15-13-22)21(20(23)24,18-8-4-2-5-9-18)19-10-6-3-7-11-19/h2-11,17H,12-16H2,1H3,(H,23,24). The third kappa shape index (κ3) is 3.46. The van der Waals surface area contributed by atoms with Crippen LogP contribution >= 0.6 is 0 Å². The molecule has 0 amide bonds. The molecule has 3 rings (SSSR count). The number of carboxylic acids is 1. The third-order valence-corrected chi connectivity index (χ3v) is 5.17. The fourth-order valence-electron chi connectivity index (χ4n) is 3.90. The lowest BCUT2D eigenvalue weighted by Gasteiger charge is -2.39.